The zero-order valence-electron chi connectivity index (χ0n) is 6.79. The lowest BCUT2D eigenvalue weighted by molar-refractivity contribution is 0.612. The molecule has 1 heterocycles. The van der Waals surface area contributed by atoms with Crippen molar-refractivity contribution in [2.24, 2.45) is 5.92 Å². The first kappa shape index (κ1) is 8.54. The molecular formula is C9H12ClN. The highest BCUT2D eigenvalue weighted by molar-refractivity contribution is 6.20. The summed E-state index contributed by atoms with van der Waals surface area (Å²) in [6, 6.07) is 5.81. The Labute approximate surface area is 72.4 Å². The summed E-state index contributed by atoms with van der Waals surface area (Å²) in [4.78, 5) is 4.17. The summed E-state index contributed by atoms with van der Waals surface area (Å²) in [6.45, 7) is 4.18. The molecule has 0 aliphatic carbocycles. The van der Waals surface area contributed by atoms with Crippen LogP contribution in [-0.4, -0.2) is 4.98 Å². The van der Waals surface area contributed by atoms with E-state index in [1.54, 1.807) is 6.20 Å². The molecule has 0 radical (unpaired) electrons. The van der Waals surface area contributed by atoms with Gasteiger partial charge in [0, 0.05) is 6.20 Å². The van der Waals surface area contributed by atoms with Crippen LogP contribution in [0, 0.1) is 5.92 Å². The minimum absolute atomic E-state index is 0.0381. The molecule has 0 spiro atoms. The summed E-state index contributed by atoms with van der Waals surface area (Å²) in [7, 11) is 0. The molecule has 0 amide bonds. The van der Waals surface area contributed by atoms with E-state index in [1.807, 2.05) is 18.2 Å². The second-order valence-electron chi connectivity index (χ2n) is 2.90. The average Bonchev–Trinajstić information content (AvgIpc) is 2.05. The van der Waals surface area contributed by atoms with E-state index in [2.05, 4.69) is 18.8 Å². The highest BCUT2D eigenvalue weighted by Crippen LogP contribution is 2.25. The van der Waals surface area contributed by atoms with Gasteiger partial charge in [-0.15, -0.1) is 11.6 Å². The maximum Gasteiger partial charge on any atom is 0.0780 e. The minimum atomic E-state index is 0.0381. The predicted molar refractivity (Wildman–Crippen MR) is 47.7 cm³/mol. The summed E-state index contributed by atoms with van der Waals surface area (Å²) in [5.41, 5.74) is 0.962. The molecule has 60 valence electrons. The van der Waals surface area contributed by atoms with Crippen molar-refractivity contribution in [2.75, 3.05) is 0 Å². The number of aromatic nitrogens is 1. The molecule has 0 bridgehead atoms. The van der Waals surface area contributed by atoms with Crippen LogP contribution in [0.5, 0.6) is 0 Å². The van der Waals surface area contributed by atoms with Crippen molar-refractivity contribution in [2.45, 2.75) is 19.2 Å². The quantitative estimate of drug-likeness (QED) is 0.621. The highest BCUT2D eigenvalue weighted by atomic mass is 35.5. The Morgan fingerprint density at radius 3 is 2.55 bits per heavy atom. The smallest absolute Gasteiger partial charge is 0.0780 e. The molecule has 1 unspecified atom stereocenters. The summed E-state index contributed by atoms with van der Waals surface area (Å²) in [6.07, 6.45) is 1.77. The zero-order valence-corrected chi connectivity index (χ0v) is 7.55. The third-order valence-corrected chi connectivity index (χ3v) is 2.28. The van der Waals surface area contributed by atoms with Gasteiger partial charge in [-0.1, -0.05) is 19.9 Å². The van der Waals surface area contributed by atoms with Crippen LogP contribution in [0.15, 0.2) is 24.4 Å². The first-order valence-corrected chi connectivity index (χ1v) is 4.20. The first-order valence-electron chi connectivity index (χ1n) is 3.77. The van der Waals surface area contributed by atoms with E-state index < -0.39 is 0 Å². The van der Waals surface area contributed by atoms with Gasteiger partial charge in [-0.3, -0.25) is 4.98 Å². The zero-order chi connectivity index (χ0) is 8.27. The molecule has 0 aromatic carbocycles. The summed E-state index contributed by atoms with van der Waals surface area (Å²) in [5, 5.41) is 0.0381. The van der Waals surface area contributed by atoms with Crippen LogP contribution in [0.4, 0.5) is 0 Å². The summed E-state index contributed by atoms with van der Waals surface area (Å²) >= 11 is 6.08. The predicted octanol–water partition coefficient (Wildman–Crippen LogP) is 3.02. The molecule has 0 aliphatic rings. The van der Waals surface area contributed by atoms with Gasteiger partial charge in [0.05, 0.1) is 11.1 Å². The Balaban J connectivity index is 2.77. The normalized spacial score (nSPS) is 13.5. The van der Waals surface area contributed by atoms with E-state index in [4.69, 9.17) is 11.6 Å². The fourth-order valence-corrected chi connectivity index (χ4v) is 1.01. The lowest BCUT2D eigenvalue weighted by Crippen LogP contribution is -2.00. The Kier molecular flexibility index (Phi) is 2.89. The van der Waals surface area contributed by atoms with Gasteiger partial charge >= 0.3 is 0 Å². The van der Waals surface area contributed by atoms with Crippen molar-refractivity contribution in [3.8, 4) is 0 Å². The average molecular weight is 170 g/mol. The molecule has 0 N–H and O–H groups in total. The third-order valence-electron chi connectivity index (χ3n) is 1.56. The van der Waals surface area contributed by atoms with E-state index in [-0.39, 0.29) is 5.38 Å². The van der Waals surface area contributed by atoms with Crippen molar-refractivity contribution in [3.05, 3.63) is 30.1 Å². The molecule has 1 aromatic rings. The molecule has 0 saturated heterocycles. The molecule has 1 rings (SSSR count). The molecule has 2 heteroatoms. The Morgan fingerprint density at radius 1 is 1.36 bits per heavy atom. The van der Waals surface area contributed by atoms with Gasteiger partial charge in [0.2, 0.25) is 0 Å². The standard InChI is InChI=1S/C9H12ClN/c1-7(2)9(10)8-5-3-4-6-11-8/h3-7,9H,1-2H3. The molecule has 1 nitrogen and oxygen atoms in total. The van der Waals surface area contributed by atoms with E-state index in [9.17, 15) is 0 Å². The Hall–Kier alpha value is -0.560. The Bertz CT molecular complexity index is 208. The highest BCUT2D eigenvalue weighted by Gasteiger charge is 2.12. The van der Waals surface area contributed by atoms with Crippen molar-refractivity contribution in [1.82, 2.24) is 4.98 Å². The van der Waals surface area contributed by atoms with E-state index in [0.29, 0.717) is 5.92 Å². The summed E-state index contributed by atoms with van der Waals surface area (Å²) in [5.74, 6) is 0.437. The van der Waals surface area contributed by atoms with Crippen molar-refractivity contribution >= 4 is 11.6 Å². The van der Waals surface area contributed by atoms with Gasteiger partial charge in [-0.25, -0.2) is 0 Å². The largest absolute Gasteiger partial charge is 0.260 e. The van der Waals surface area contributed by atoms with Gasteiger partial charge in [0.1, 0.15) is 0 Å². The van der Waals surface area contributed by atoms with Gasteiger partial charge in [-0.2, -0.15) is 0 Å². The number of halogens is 1. The van der Waals surface area contributed by atoms with E-state index in [0.717, 1.165) is 5.69 Å². The first-order chi connectivity index (χ1) is 5.22. The van der Waals surface area contributed by atoms with E-state index >= 15 is 0 Å². The molecule has 0 saturated carbocycles. The van der Waals surface area contributed by atoms with Crippen molar-refractivity contribution in [1.29, 1.82) is 0 Å². The topological polar surface area (TPSA) is 12.9 Å². The minimum Gasteiger partial charge on any atom is -0.260 e. The molecule has 1 atom stereocenters. The SMILES string of the molecule is CC(C)C(Cl)c1ccccn1. The van der Waals surface area contributed by atoms with Crippen LogP contribution in [0.25, 0.3) is 0 Å². The molecule has 11 heavy (non-hydrogen) atoms. The number of hydrogen-bond donors (Lipinski definition) is 0. The molecular weight excluding hydrogens is 158 g/mol. The molecule has 0 fully saturated rings. The van der Waals surface area contributed by atoms with Crippen LogP contribution in [0.2, 0.25) is 0 Å². The molecule has 1 aromatic heterocycles. The lowest BCUT2D eigenvalue weighted by Gasteiger charge is -2.11. The van der Waals surface area contributed by atoms with Crippen LogP contribution in [-0.2, 0) is 0 Å². The van der Waals surface area contributed by atoms with Gasteiger partial charge < -0.3 is 0 Å². The fourth-order valence-electron chi connectivity index (χ4n) is 0.881. The number of alkyl halides is 1. The van der Waals surface area contributed by atoms with Crippen LogP contribution in [0.1, 0.15) is 24.9 Å². The van der Waals surface area contributed by atoms with Crippen LogP contribution >= 0.6 is 11.6 Å². The van der Waals surface area contributed by atoms with Crippen LogP contribution in [0.3, 0.4) is 0 Å². The fraction of sp³-hybridized carbons (Fsp3) is 0.444. The van der Waals surface area contributed by atoms with Gasteiger partial charge in [0.25, 0.3) is 0 Å². The van der Waals surface area contributed by atoms with Crippen molar-refractivity contribution < 1.29 is 0 Å². The maximum atomic E-state index is 6.08. The monoisotopic (exact) mass is 169 g/mol. The lowest BCUT2D eigenvalue weighted by atomic mass is 10.1. The second-order valence-corrected chi connectivity index (χ2v) is 3.37. The van der Waals surface area contributed by atoms with Gasteiger partial charge in [0.15, 0.2) is 0 Å². The van der Waals surface area contributed by atoms with Crippen LogP contribution < -0.4 is 0 Å². The molecule has 0 aliphatic heterocycles. The number of hydrogen-bond acceptors (Lipinski definition) is 1. The second kappa shape index (κ2) is 3.72. The summed E-state index contributed by atoms with van der Waals surface area (Å²) < 4.78 is 0. The third kappa shape index (κ3) is 2.19. The van der Waals surface area contributed by atoms with Gasteiger partial charge in [-0.05, 0) is 18.1 Å². The van der Waals surface area contributed by atoms with Crippen molar-refractivity contribution in [3.63, 3.8) is 0 Å². The maximum absolute atomic E-state index is 6.08. The number of pyridine rings is 1. The number of rotatable bonds is 2. The van der Waals surface area contributed by atoms with E-state index in [1.165, 1.54) is 0 Å². The Morgan fingerprint density at radius 2 is 2.09 bits per heavy atom. The number of nitrogens with zero attached hydrogens (tertiary/aromatic N) is 1.